The zero-order chi connectivity index (χ0) is 15.5. The molecule has 8 nitrogen and oxygen atoms in total. The second kappa shape index (κ2) is 4.79. The zero-order valence-electron chi connectivity index (χ0n) is 11.7. The molecule has 4 rings (SSSR count). The van der Waals surface area contributed by atoms with Gasteiger partial charge in [0.15, 0.2) is 11.5 Å². The summed E-state index contributed by atoms with van der Waals surface area (Å²) >= 11 is 1.40. The van der Waals surface area contributed by atoms with Crippen LogP contribution in [0.1, 0.15) is 24.6 Å². The number of nitrogen functional groups attached to an aromatic ring is 1. The third kappa shape index (κ3) is 1.73. The number of aliphatic hydroxyl groups excluding tert-OH is 3. The number of aliphatic hydroxyl groups is 3. The van der Waals surface area contributed by atoms with Gasteiger partial charge >= 0.3 is 0 Å². The van der Waals surface area contributed by atoms with Gasteiger partial charge in [-0.1, -0.05) is 0 Å². The van der Waals surface area contributed by atoms with Crippen LogP contribution in [0.3, 0.4) is 0 Å². The number of hydrogen-bond acceptors (Lipinski definition) is 8. The van der Waals surface area contributed by atoms with Crippen LogP contribution >= 0.6 is 11.8 Å². The van der Waals surface area contributed by atoms with Gasteiger partial charge in [0.1, 0.15) is 23.3 Å². The molecule has 3 heterocycles. The van der Waals surface area contributed by atoms with E-state index in [-0.39, 0.29) is 5.82 Å². The monoisotopic (exact) mass is 323 g/mol. The van der Waals surface area contributed by atoms with E-state index in [1.165, 1.54) is 18.1 Å². The zero-order valence-corrected chi connectivity index (χ0v) is 12.5. The minimum atomic E-state index is -1.01. The Bertz CT molecular complexity index is 725. The Kier molecular flexibility index (Phi) is 3.09. The van der Waals surface area contributed by atoms with E-state index in [2.05, 4.69) is 15.0 Å². The van der Waals surface area contributed by atoms with E-state index >= 15 is 0 Å². The number of aromatic nitrogens is 4. The minimum Gasteiger partial charge on any atom is -0.392 e. The lowest BCUT2D eigenvalue weighted by atomic mass is 9.94. The molecule has 0 amide bonds. The molecule has 0 bridgehead atoms. The molecule has 9 heteroatoms. The Hall–Kier alpha value is -1.42. The third-order valence-electron chi connectivity index (χ3n) is 4.73. The van der Waals surface area contributed by atoms with Crippen LogP contribution < -0.4 is 5.73 Å². The van der Waals surface area contributed by atoms with Crippen molar-refractivity contribution in [2.24, 2.45) is 0 Å². The average Bonchev–Trinajstić information content (AvgIpc) is 3.15. The van der Waals surface area contributed by atoms with Crippen molar-refractivity contribution in [1.29, 1.82) is 0 Å². The second-order valence-electron chi connectivity index (χ2n) is 5.89. The largest absolute Gasteiger partial charge is 0.392 e. The van der Waals surface area contributed by atoms with Crippen LogP contribution in [0.2, 0.25) is 0 Å². The van der Waals surface area contributed by atoms with Gasteiger partial charge in [-0.2, -0.15) is 0 Å². The maximum absolute atomic E-state index is 10.5. The van der Waals surface area contributed by atoms with E-state index in [0.717, 1.165) is 6.42 Å². The SMILES string of the molecule is Nc1ncnc2c1ncn2[C@@H]1SC2(CCC[C@H]2O)[C@@H](O)[C@H]1O. The van der Waals surface area contributed by atoms with Gasteiger partial charge in [-0.25, -0.2) is 15.0 Å². The molecule has 1 aliphatic carbocycles. The summed E-state index contributed by atoms with van der Waals surface area (Å²) in [5, 5.41) is 30.8. The molecule has 5 atom stereocenters. The van der Waals surface area contributed by atoms with Crippen LogP contribution in [0.5, 0.6) is 0 Å². The minimum absolute atomic E-state index is 0.275. The number of fused-ring (bicyclic) bond motifs is 1. The van der Waals surface area contributed by atoms with E-state index in [0.29, 0.717) is 24.0 Å². The quantitative estimate of drug-likeness (QED) is 0.561. The molecular weight excluding hydrogens is 306 g/mol. The first-order valence-electron chi connectivity index (χ1n) is 7.19. The van der Waals surface area contributed by atoms with Crippen molar-refractivity contribution in [3.63, 3.8) is 0 Å². The summed E-state index contributed by atoms with van der Waals surface area (Å²) in [6, 6.07) is 0. The van der Waals surface area contributed by atoms with Gasteiger partial charge in [0.25, 0.3) is 0 Å². The van der Waals surface area contributed by atoms with E-state index in [1.54, 1.807) is 10.9 Å². The highest BCUT2D eigenvalue weighted by molar-refractivity contribution is 8.01. The van der Waals surface area contributed by atoms with E-state index < -0.39 is 28.4 Å². The Labute approximate surface area is 130 Å². The number of hydrogen-bond donors (Lipinski definition) is 4. The van der Waals surface area contributed by atoms with Crippen LogP contribution in [0.25, 0.3) is 11.2 Å². The molecule has 2 aliphatic rings. The van der Waals surface area contributed by atoms with Crippen molar-refractivity contribution in [3.05, 3.63) is 12.7 Å². The molecule has 1 saturated carbocycles. The summed E-state index contributed by atoms with van der Waals surface area (Å²) in [5.74, 6) is 0.275. The summed E-state index contributed by atoms with van der Waals surface area (Å²) in [7, 11) is 0. The first kappa shape index (κ1) is 14.2. The Morgan fingerprint density at radius 2 is 2.09 bits per heavy atom. The van der Waals surface area contributed by atoms with Gasteiger partial charge < -0.3 is 21.1 Å². The average molecular weight is 323 g/mol. The fourth-order valence-corrected chi connectivity index (χ4v) is 5.37. The Morgan fingerprint density at radius 1 is 1.27 bits per heavy atom. The Morgan fingerprint density at radius 3 is 2.82 bits per heavy atom. The second-order valence-corrected chi connectivity index (χ2v) is 7.37. The normalized spacial score (nSPS) is 38.3. The van der Waals surface area contributed by atoms with E-state index in [1.807, 2.05) is 0 Å². The van der Waals surface area contributed by atoms with Crippen molar-refractivity contribution in [2.75, 3.05) is 5.73 Å². The summed E-state index contributed by atoms with van der Waals surface area (Å²) in [5.41, 5.74) is 6.77. The van der Waals surface area contributed by atoms with Gasteiger partial charge in [0, 0.05) is 0 Å². The first-order valence-corrected chi connectivity index (χ1v) is 8.07. The number of imidazole rings is 1. The van der Waals surface area contributed by atoms with Crippen LogP contribution in [-0.2, 0) is 0 Å². The molecule has 1 saturated heterocycles. The molecule has 22 heavy (non-hydrogen) atoms. The van der Waals surface area contributed by atoms with Crippen LogP contribution in [-0.4, -0.2) is 57.9 Å². The highest BCUT2D eigenvalue weighted by Crippen LogP contribution is 2.57. The predicted molar refractivity (Wildman–Crippen MR) is 81.0 cm³/mol. The predicted octanol–water partition coefficient (Wildman–Crippen LogP) is -0.341. The molecule has 1 spiro atoms. The van der Waals surface area contributed by atoms with Crippen molar-refractivity contribution in [3.8, 4) is 0 Å². The van der Waals surface area contributed by atoms with Gasteiger partial charge in [-0.3, -0.25) is 4.57 Å². The van der Waals surface area contributed by atoms with Gasteiger partial charge in [0.05, 0.1) is 23.3 Å². The smallest absolute Gasteiger partial charge is 0.166 e. The number of rotatable bonds is 1. The van der Waals surface area contributed by atoms with Crippen molar-refractivity contribution in [1.82, 2.24) is 19.5 Å². The molecule has 118 valence electrons. The summed E-state index contributed by atoms with van der Waals surface area (Å²) in [4.78, 5) is 12.3. The maximum Gasteiger partial charge on any atom is 0.166 e. The summed E-state index contributed by atoms with van der Waals surface area (Å²) in [6.45, 7) is 0. The molecule has 1 unspecified atom stereocenters. The summed E-state index contributed by atoms with van der Waals surface area (Å²) in [6.07, 6.45) is 2.43. The number of nitrogens with two attached hydrogens (primary N) is 1. The fourth-order valence-electron chi connectivity index (χ4n) is 3.55. The van der Waals surface area contributed by atoms with Crippen molar-refractivity contribution in [2.45, 2.75) is 47.7 Å². The van der Waals surface area contributed by atoms with Crippen LogP contribution in [0.15, 0.2) is 12.7 Å². The molecule has 0 aromatic carbocycles. The lowest BCUT2D eigenvalue weighted by Crippen LogP contribution is -2.46. The van der Waals surface area contributed by atoms with Gasteiger partial charge in [-0.15, -0.1) is 11.8 Å². The molecule has 2 fully saturated rings. The molecule has 5 N–H and O–H groups in total. The number of nitrogens with zero attached hydrogens (tertiary/aromatic N) is 4. The molecule has 0 radical (unpaired) electrons. The summed E-state index contributed by atoms with van der Waals surface area (Å²) < 4.78 is 0.977. The van der Waals surface area contributed by atoms with Crippen molar-refractivity contribution >= 4 is 28.7 Å². The Balaban J connectivity index is 1.78. The molecule has 2 aromatic heterocycles. The maximum atomic E-state index is 10.5. The fraction of sp³-hybridized carbons (Fsp3) is 0.615. The third-order valence-corrected chi connectivity index (χ3v) is 6.63. The highest BCUT2D eigenvalue weighted by Gasteiger charge is 2.59. The first-order chi connectivity index (χ1) is 10.5. The standard InChI is InChI=1S/C13H17N5O3S/c14-10-7-11(16-4-15-10)18(5-17-7)12-8(20)9(21)13(22-12)3-1-2-6(13)19/h4-6,8-9,12,19-21H,1-3H2,(H2,14,15,16)/t6-,8-,9+,12-,13?/m1/s1. The molecule has 1 aliphatic heterocycles. The van der Waals surface area contributed by atoms with Gasteiger partial charge in [0.2, 0.25) is 0 Å². The van der Waals surface area contributed by atoms with Crippen LogP contribution in [0, 0.1) is 0 Å². The number of thioether (sulfide) groups is 1. The van der Waals surface area contributed by atoms with Crippen LogP contribution in [0.4, 0.5) is 5.82 Å². The highest BCUT2D eigenvalue weighted by atomic mass is 32.2. The van der Waals surface area contributed by atoms with Gasteiger partial charge in [-0.05, 0) is 19.3 Å². The van der Waals surface area contributed by atoms with E-state index in [4.69, 9.17) is 5.73 Å². The number of anilines is 1. The van der Waals surface area contributed by atoms with Crippen molar-refractivity contribution < 1.29 is 15.3 Å². The topological polar surface area (TPSA) is 130 Å². The lowest BCUT2D eigenvalue weighted by molar-refractivity contribution is -0.0251. The molecular formula is C13H17N5O3S. The molecule has 2 aromatic rings. The lowest BCUT2D eigenvalue weighted by Gasteiger charge is -2.30. The van der Waals surface area contributed by atoms with E-state index in [9.17, 15) is 15.3 Å².